The highest BCUT2D eigenvalue weighted by molar-refractivity contribution is 5.27. The normalized spacial score (nSPS) is 19.4. The van der Waals surface area contributed by atoms with Crippen molar-refractivity contribution >= 4 is 0 Å². The fraction of sp³-hybridized carbons (Fsp3) is 0.588. The number of aromatic nitrogens is 4. The first-order valence-corrected chi connectivity index (χ1v) is 8.71. The topological polar surface area (TPSA) is 79.1 Å². The molecular weight excluding hydrogens is 304 g/mol. The molecule has 0 bridgehead atoms. The molecule has 2 aliphatic heterocycles. The minimum atomic E-state index is 0.293. The number of hydrogen-bond acceptors (Lipinski definition) is 6. The van der Waals surface area contributed by atoms with E-state index in [2.05, 4.69) is 30.0 Å². The van der Waals surface area contributed by atoms with Gasteiger partial charge in [0.1, 0.15) is 17.4 Å². The van der Waals surface area contributed by atoms with Crippen molar-refractivity contribution in [1.29, 1.82) is 0 Å². The van der Waals surface area contributed by atoms with Crippen molar-refractivity contribution in [2.75, 3.05) is 19.6 Å². The van der Waals surface area contributed by atoms with Crippen LogP contribution in [-0.4, -0.2) is 49.4 Å². The van der Waals surface area contributed by atoms with E-state index in [1.54, 1.807) is 6.07 Å². The van der Waals surface area contributed by atoms with Crippen molar-refractivity contribution in [3.05, 3.63) is 35.2 Å². The van der Waals surface area contributed by atoms with Crippen molar-refractivity contribution in [1.82, 2.24) is 30.0 Å². The second-order valence-electron chi connectivity index (χ2n) is 6.77. The van der Waals surface area contributed by atoms with Crippen LogP contribution in [-0.2, 0) is 19.6 Å². The zero-order chi connectivity index (χ0) is 16.5. The molecule has 7 heteroatoms. The molecule has 0 atom stereocenters. The molecule has 2 aromatic rings. The zero-order valence-electron chi connectivity index (χ0n) is 14.1. The summed E-state index contributed by atoms with van der Waals surface area (Å²) in [5, 5.41) is 22.1. The lowest BCUT2D eigenvalue weighted by atomic mass is 9.95. The second kappa shape index (κ2) is 6.49. The highest BCUT2D eigenvalue weighted by Crippen LogP contribution is 2.29. The fourth-order valence-corrected chi connectivity index (χ4v) is 3.70. The molecule has 0 aromatic carbocycles. The molecule has 4 rings (SSSR count). The number of piperidine rings is 1. The van der Waals surface area contributed by atoms with Gasteiger partial charge in [-0.3, -0.25) is 9.88 Å². The summed E-state index contributed by atoms with van der Waals surface area (Å²) in [5.41, 5.74) is 1.72. The Labute approximate surface area is 141 Å². The van der Waals surface area contributed by atoms with Gasteiger partial charge in [-0.2, -0.15) is 0 Å². The number of nitrogens with zero attached hydrogens (tertiary/aromatic N) is 5. The SMILES string of the molecule is Cc1ccc(O)c(CN2CCC(c3nnc4n3CCNC4)CC2)n1. The summed E-state index contributed by atoms with van der Waals surface area (Å²) in [6, 6.07) is 3.58. The number of likely N-dealkylation sites (tertiary alicyclic amines) is 1. The molecule has 2 N–H and O–H groups in total. The lowest BCUT2D eigenvalue weighted by molar-refractivity contribution is 0.195. The maximum atomic E-state index is 9.98. The van der Waals surface area contributed by atoms with Gasteiger partial charge in [0.15, 0.2) is 0 Å². The Morgan fingerprint density at radius 2 is 2.04 bits per heavy atom. The van der Waals surface area contributed by atoms with Crippen LogP contribution in [0.2, 0.25) is 0 Å². The largest absolute Gasteiger partial charge is 0.506 e. The smallest absolute Gasteiger partial charge is 0.147 e. The van der Waals surface area contributed by atoms with E-state index in [4.69, 9.17) is 0 Å². The van der Waals surface area contributed by atoms with Gasteiger partial charge in [0.25, 0.3) is 0 Å². The Kier molecular flexibility index (Phi) is 4.20. The molecule has 24 heavy (non-hydrogen) atoms. The average Bonchev–Trinajstić information content (AvgIpc) is 3.03. The minimum Gasteiger partial charge on any atom is -0.506 e. The van der Waals surface area contributed by atoms with E-state index in [9.17, 15) is 5.11 Å². The van der Waals surface area contributed by atoms with Crippen LogP contribution >= 0.6 is 0 Å². The molecule has 1 saturated heterocycles. The molecule has 0 spiro atoms. The van der Waals surface area contributed by atoms with Gasteiger partial charge in [-0.1, -0.05) is 0 Å². The van der Waals surface area contributed by atoms with Crippen LogP contribution in [0.15, 0.2) is 12.1 Å². The van der Waals surface area contributed by atoms with E-state index in [0.717, 1.165) is 68.6 Å². The molecule has 1 fully saturated rings. The van der Waals surface area contributed by atoms with Crippen LogP contribution in [0.3, 0.4) is 0 Å². The third-order valence-electron chi connectivity index (χ3n) is 5.07. The van der Waals surface area contributed by atoms with E-state index >= 15 is 0 Å². The predicted octanol–water partition coefficient (Wildman–Crippen LogP) is 1.17. The first kappa shape index (κ1) is 15.5. The third-order valence-corrected chi connectivity index (χ3v) is 5.07. The Hall–Kier alpha value is -1.99. The summed E-state index contributed by atoms with van der Waals surface area (Å²) in [4.78, 5) is 6.84. The molecule has 2 aromatic heterocycles. The Morgan fingerprint density at radius 1 is 1.21 bits per heavy atom. The van der Waals surface area contributed by atoms with Crippen molar-refractivity contribution in [2.24, 2.45) is 0 Å². The van der Waals surface area contributed by atoms with Crippen molar-refractivity contribution in [3.63, 3.8) is 0 Å². The van der Waals surface area contributed by atoms with E-state index in [-0.39, 0.29) is 0 Å². The van der Waals surface area contributed by atoms with Gasteiger partial charge in [-0.05, 0) is 45.0 Å². The van der Waals surface area contributed by atoms with E-state index in [1.807, 2.05) is 13.0 Å². The summed E-state index contributed by atoms with van der Waals surface area (Å²) >= 11 is 0. The fourth-order valence-electron chi connectivity index (χ4n) is 3.70. The van der Waals surface area contributed by atoms with E-state index in [0.29, 0.717) is 18.2 Å². The van der Waals surface area contributed by atoms with E-state index < -0.39 is 0 Å². The first-order valence-electron chi connectivity index (χ1n) is 8.71. The molecule has 7 nitrogen and oxygen atoms in total. The van der Waals surface area contributed by atoms with Crippen LogP contribution in [0.5, 0.6) is 5.75 Å². The molecule has 0 saturated carbocycles. The van der Waals surface area contributed by atoms with Gasteiger partial charge in [0.2, 0.25) is 0 Å². The predicted molar refractivity (Wildman–Crippen MR) is 89.6 cm³/mol. The molecule has 0 radical (unpaired) electrons. The summed E-state index contributed by atoms with van der Waals surface area (Å²) < 4.78 is 2.30. The molecular formula is C17H24N6O. The maximum absolute atomic E-state index is 9.98. The number of hydrogen-bond donors (Lipinski definition) is 2. The quantitative estimate of drug-likeness (QED) is 0.880. The first-order chi connectivity index (χ1) is 11.7. The maximum Gasteiger partial charge on any atom is 0.147 e. The number of pyridine rings is 1. The van der Waals surface area contributed by atoms with Crippen LogP contribution < -0.4 is 5.32 Å². The van der Waals surface area contributed by atoms with Crippen molar-refractivity contribution in [3.8, 4) is 5.75 Å². The van der Waals surface area contributed by atoms with Crippen LogP contribution in [0.25, 0.3) is 0 Å². The van der Waals surface area contributed by atoms with E-state index in [1.165, 1.54) is 0 Å². The summed E-state index contributed by atoms with van der Waals surface area (Å²) in [6.07, 6.45) is 2.16. The minimum absolute atomic E-state index is 0.293. The Bertz CT molecular complexity index is 720. The van der Waals surface area contributed by atoms with Crippen LogP contribution in [0, 0.1) is 6.92 Å². The molecule has 0 unspecified atom stereocenters. The average molecular weight is 328 g/mol. The highest BCUT2D eigenvalue weighted by Gasteiger charge is 2.27. The number of aryl methyl sites for hydroxylation is 1. The molecule has 4 heterocycles. The number of nitrogens with one attached hydrogen (secondary N) is 1. The van der Waals surface area contributed by atoms with Crippen molar-refractivity contribution in [2.45, 2.75) is 45.3 Å². The molecule has 0 aliphatic carbocycles. The zero-order valence-corrected chi connectivity index (χ0v) is 14.1. The molecule has 0 amide bonds. The summed E-state index contributed by atoms with van der Waals surface area (Å²) in [5.74, 6) is 3.00. The molecule has 128 valence electrons. The Morgan fingerprint density at radius 3 is 2.88 bits per heavy atom. The van der Waals surface area contributed by atoms with Gasteiger partial charge in [-0.15, -0.1) is 10.2 Å². The summed E-state index contributed by atoms with van der Waals surface area (Å²) in [7, 11) is 0. The van der Waals surface area contributed by atoms with Gasteiger partial charge < -0.3 is 15.0 Å². The Balaban J connectivity index is 1.40. The number of fused-ring (bicyclic) bond motifs is 1. The number of aromatic hydroxyl groups is 1. The third kappa shape index (κ3) is 3.01. The van der Waals surface area contributed by atoms with Gasteiger partial charge in [-0.25, -0.2) is 0 Å². The van der Waals surface area contributed by atoms with Crippen LogP contribution in [0.4, 0.5) is 0 Å². The van der Waals surface area contributed by atoms with Gasteiger partial charge in [0, 0.05) is 31.2 Å². The second-order valence-corrected chi connectivity index (χ2v) is 6.77. The van der Waals surface area contributed by atoms with Crippen molar-refractivity contribution < 1.29 is 5.11 Å². The summed E-state index contributed by atoms with van der Waals surface area (Å²) in [6.45, 7) is 7.46. The van der Waals surface area contributed by atoms with Crippen LogP contribution in [0.1, 0.15) is 41.8 Å². The monoisotopic (exact) mass is 328 g/mol. The van der Waals surface area contributed by atoms with Gasteiger partial charge in [0.05, 0.1) is 12.2 Å². The highest BCUT2D eigenvalue weighted by atomic mass is 16.3. The lowest BCUT2D eigenvalue weighted by Gasteiger charge is -2.32. The van der Waals surface area contributed by atoms with Gasteiger partial charge >= 0.3 is 0 Å². The molecule has 2 aliphatic rings. The standard InChI is InChI=1S/C17H24N6O/c1-12-2-3-15(24)14(19-12)11-22-7-4-13(5-8-22)17-21-20-16-10-18-6-9-23(16)17/h2-3,13,18,24H,4-11H2,1H3. The number of rotatable bonds is 3. The lowest BCUT2D eigenvalue weighted by Crippen LogP contribution is -2.35.